The van der Waals surface area contributed by atoms with Gasteiger partial charge in [-0.1, -0.05) is 17.7 Å². The third-order valence-corrected chi connectivity index (χ3v) is 5.72. The molecule has 0 saturated carbocycles. The molecule has 0 aliphatic rings. The Morgan fingerprint density at radius 2 is 1.77 bits per heavy atom. The topological polar surface area (TPSA) is 72.5 Å². The smallest absolute Gasteiger partial charge is 0.350 e. The summed E-state index contributed by atoms with van der Waals surface area (Å²) in [5.41, 5.74) is 2.57. The first-order chi connectivity index (χ1) is 10.3. The highest BCUT2D eigenvalue weighted by Gasteiger charge is 2.23. The zero-order chi connectivity index (χ0) is 16.5. The van der Waals surface area contributed by atoms with E-state index in [0.717, 1.165) is 16.9 Å². The molecule has 1 aromatic carbocycles. The Morgan fingerprint density at radius 1 is 1.18 bits per heavy atom. The van der Waals surface area contributed by atoms with E-state index in [1.54, 1.807) is 25.3 Å². The highest BCUT2D eigenvalue weighted by Crippen LogP contribution is 2.28. The molecule has 0 unspecified atom stereocenters. The largest absolute Gasteiger partial charge is 0.465 e. The maximum Gasteiger partial charge on any atom is 0.350 e. The summed E-state index contributed by atoms with van der Waals surface area (Å²) in [5, 5.41) is 1.64. The summed E-state index contributed by atoms with van der Waals surface area (Å²) < 4.78 is 32.5. The molecule has 22 heavy (non-hydrogen) atoms. The number of carbonyl (C=O) groups excluding carboxylic acids is 1. The number of ether oxygens (including phenoxy) is 1. The summed E-state index contributed by atoms with van der Waals surface area (Å²) in [6.45, 7) is 5.42. The fourth-order valence-electron chi connectivity index (χ4n) is 2.43. The number of rotatable bonds is 4. The van der Waals surface area contributed by atoms with Crippen molar-refractivity contribution in [3.63, 3.8) is 0 Å². The maximum absolute atomic E-state index is 12.7. The minimum Gasteiger partial charge on any atom is -0.465 e. The van der Waals surface area contributed by atoms with E-state index in [4.69, 9.17) is 0 Å². The second-order valence-corrected chi connectivity index (χ2v) is 7.52. The van der Waals surface area contributed by atoms with Gasteiger partial charge in [0.05, 0.1) is 17.7 Å². The van der Waals surface area contributed by atoms with E-state index in [0.29, 0.717) is 11.1 Å². The van der Waals surface area contributed by atoms with Gasteiger partial charge in [0.15, 0.2) is 0 Å². The van der Waals surface area contributed by atoms with E-state index < -0.39 is 16.0 Å². The van der Waals surface area contributed by atoms with E-state index >= 15 is 0 Å². The molecule has 5 nitrogen and oxygen atoms in total. The van der Waals surface area contributed by atoms with Gasteiger partial charge in [0.2, 0.25) is 0 Å². The van der Waals surface area contributed by atoms with E-state index in [-0.39, 0.29) is 15.5 Å². The highest BCUT2D eigenvalue weighted by molar-refractivity contribution is 7.92. The van der Waals surface area contributed by atoms with Crippen LogP contribution in [0, 0.1) is 20.8 Å². The molecule has 1 heterocycles. The number of hydrogen-bond donors (Lipinski definition) is 1. The van der Waals surface area contributed by atoms with Crippen LogP contribution in [0.3, 0.4) is 0 Å². The second-order valence-electron chi connectivity index (χ2n) is 4.99. The van der Waals surface area contributed by atoms with Gasteiger partial charge in [-0.25, -0.2) is 13.2 Å². The van der Waals surface area contributed by atoms with Crippen molar-refractivity contribution in [2.24, 2.45) is 0 Å². The first kappa shape index (κ1) is 16.5. The van der Waals surface area contributed by atoms with Crippen molar-refractivity contribution in [3.05, 3.63) is 45.1 Å². The molecule has 0 aliphatic heterocycles. The molecule has 1 N–H and O–H groups in total. The van der Waals surface area contributed by atoms with Crippen molar-refractivity contribution in [1.29, 1.82) is 0 Å². The lowest BCUT2D eigenvalue weighted by Gasteiger charge is -2.13. The van der Waals surface area contributed by atoms with E-state index in [1.165, 1.54) is 7.11 Å². The van der Waals surface area contributed by atoms with Gasteiger partial charge in [0, 0.05) is 0 Å². The van der Waals surface area contributed by atoms with Crippen LogP contribution in [0.4, 0.5) is 5.69 Å². The molecule has 0 saturated heterocycles. The molecule has 0 atom stereocenters. The molecule has 0 spiro atoms. The second kappa shape index (κ2) is 6.10. The number of sulfonamides is 1. The summed E-state index contributed by atoms with van der Waals surface area (Å²) in [7, 11) is -2.52. The highest BCUT2D eigenvalue weighted by atomic mass is 32.2. The van der Waals surface area contributed by atoms with Crippen LogP contribution in [0.15, 0.2) is 28.5 Å². The van der Waals surface area contributed by atoms with Crippen molar-refractivity contribution in [3.8, 4) is 0 Å². The third kappa shape index (κ3) is 3.15. The normalized spacial score (nSPS) is 11.3. The number of aryl methyl sites for hydroxylation is 3. The van der Waals surface area contributed by atoms with Crippen LogP contribution in [0.1, 0.15) is 26.4 Å². The molecule has 0 amide bonds. The Labute approximate surface area is 134 Å². The molecule has 0 aliphatic carbocycles. The lowest BCUT2D eigenvalue weighted by atomic mass is 10.1. The Morgan fingerprint density at radius 3 is 2.32 bits per heavy atom. The monoisotopic (exact) mass is 339 g/mol. The van der Waals surface area contributed by atoms with Gasteiger partial charge in [0.1, 0.15) is 4.88 Å². The average Bonchev–Trinajstić information content (AvgIpc) is 2.83. The van der Waals surface area contributed by atoms with Gasteiger partial charge >= 0.3 is 5.97 Å². The molecule has 2 rings (SSSR count). The minimum absolute atomic E-state index is 0.230. The summed E-state index contributed by atoms with van der Waals surface area (Å²) in [4.78, 5) is 12.1. The number of benzene rings is 1. The van der Waals surface area contributed by atoms with Gasteiger partial charge in [0.25, 0.3) is 10.0 Å². The van der Waals surface area contributed by atoms with Crippen LogP contribution in [-0.4, -0.2) is 21.5 Å². The number of carbonyl (C=O) groups is 1. The number of thiophene rings is 1. The van der Waals surface area contributed by atoms with Crippen LogP contribution in [0.5, 0.6) is 0 Å². The van der Waals surface area contributed by atoms with Crippen molar-refractivity contribution in [1.82, 2.24) is 0 Å². The molecular formula is C15H17NO4S2. The van der Waals surface area contributed by atoms with E-state index in [9.17, 15) is 13.2 Å². The zero-order valence-corrected chi connectivity index (χ0v) is 14.4. The number of methoxy groups -OCH3 is 1. The van der Waals surface area contributed by atoms with Crippen LogP contribution in [-0.2, 0) is 14.8 Å². The van der Waals surface area contributed by atoms with Crippen LogP contribution in [0.2, 0.25) is 0 Å². The average molecular weight is 339 g/mol. The van der Waals surface area contributed by atoms with Gasteiger partial charge in [-0.2, -0.15) is 0 Å². The van der Waals surface area contributed by atoms with Gasteiger partial charge in [-0.15, -0.1) is 11.3 Å². The van der Waals surface area contributed by atoms with Crippen molar-refractivity contribution in [2.75, 3.05) is 11.8 Å². The van der Waals surface area contributed by atoms with Crippen molar-refractivity contribution in [2.45, 2.75) is 25.7 Å². The molecule has 0 bridgehead atoms. The van der Waals surface area contributed by atoms with Crippen molar-refractivity contribution >= 4 is 33.0 Å². The van der Waals surface area contributed by atoms with Crippen LogP contribution in [0.25, 0.3) is 0 Å². The molecule has 7 heteroatoms. The summed E-state index contributed by atoms with van der Waals surface area (Å²) in [6, 6.07) is 5.18. The third-order valence-electron chi connectivity index (χ3n) is 3.15. The number of esters is 1. The first-order valence-corrected chi connectivity index (χ1v) is 8.89. The Balaban J connectivity index is 2.46. The lowest BCUT2D eigenvalue weighted by Crippen LogP contribution is -2.17. The van der Waals surface area contributed by atoms with Gasteiger partial charge in [-0.05, 0) is 43.3 Å². The minimum atomic E-state index is -3.78. The SMILES string of the molecule is COC(=O)c1sccc1NS(=O)(=O)c1c(C)cc(C)cc1C. The van der Waals surface area contributed by atoms with Gasteiger partial charge in [-0.3, -0.25) is 4.72 Å². The molecule has 0 radical (unpaired) electrons. The fraction of sp³-hybridized carbons (Fsp3) is 0.267. The van der Waals surface area contributed by atoms with Gasteiger partial charge < -0.3 is 4.74 Å². The molecular weight excluding hydrogens is 322 g/mol. The number of anilines is 1. The predicted octanol–water partition coefficient (Wildman–Crippen LogP) is 3.26. The standard InChI is InChI=1S/C15H17NO4S2/c1-9-7-10(2)14(11(3)8-9)22(18,19)16-12-5-6-21-13(12)15(17)20-4/h5-8,16H,1-4H3. The Hall–Kier alpha value is -1.86. The van der Waals surface area contributed by atoms with E-state index in [2.05, 4.69) is 9.46 Å². The molecule has 2 aromatic rings. The van der Waals surface area contributed by atoms with E-state index in [1.807, 2.05) is 19.1 Å². The fourth-order valence-corrected chi connectivity index (χ4v) is 4.78. The Kier molecular flexibility index (Phi) is 4.58. The van der Waals surface area contributed by atoms with Crippen molar-refractivity contribution < 1.29 is 17.9 Å². The molecule has 118 valence electrons. The Bertz CT molecular complexity index is 799. The summed E-state index contributed by atoms with van der Waals surface area (Å²) in [5.74, 6) is -0.565. The first-order valence-electron chi connectivity index (χ1n) is 6.52. The number of nitrogens with one attached hydrogen (secondary N) is 1. The maximum atomic E-state index is 12.7. The number of hydrogen-bond acceptors (Lipinski definition) is 5. The molecule has 0 fully saturated rings. The quantitative estimate of drug-likeness (QED) is 0.868. The summed E-state index contributed by atoms with van der Waals surface area (Å²) in [6.07, 6.45) is 0. The predicted molar refractivity (Wildman–Crippen MR) is 87.1 cm³/mol. The summed E-state index contributed by atoms with van der Waals surface area (Å²) >= 11 is 1.13. The lowest BCUT2D eigenvalue weighted by molar-refractivity contribution is 0.0607. The molecule has 1 aromatic heterocycles. The van der Waals surface area contributed by atoms with Crippen LogP contribution >= 0.6 is 11.3 Å². The zero-order valence-electron chi connectivity index (χ0n) is 12.8. The van der Waals surface area contributed by atoms with Crippen LogP contribution < -0.4 is 4.72 Å².